The number of H-pyrrole nitrogens is 1. The van der Waals surface area contributed by atoms with Gasteiger partial charge in [-0.25, -0.2) is 34.3 Å². The number of halogens is 6. The minimum Gasteiger partial charge on any atom is -0.451 e. The first-order valence-electron chi connectivity index (χ1n) is 24.6. The van der Waals surface area contributed by atoms with E-state index in [2.05, 4.69) is 87.8 Å². The third-order valence-electron chi connectivity index (χ3n) is 13.0. The molecule has 80 heavy (non-hydrogen) atoms. The monoisotopic (exact) mass is 1390 g/mol. The van der Waals surface area contributed by atoms with Gasteiger partial charge in [-0.15, -0.1) is 0 Å². The molecule has 2 fully saturated rings. The summed E-state index contributed by atoms with van der Waals surface area (Å²) in [5.41, 5.74) is 1.17. The van der Waals surface area contributed by atoms with Gasteiger partial charge in [0.05, 0.1) is 39.7 Å². The number of nitrogens with two attached hydrogens (primary N) is 1. The molecule has 8 atom stereocenters. The molecule has 18 nitrogen and oxygen atoms in total. The van der Waals surface area contributed by atoms with E-state index in [1.807, 2.05) is 68.1 Å². The van der Waals surface area contributed by atoms with Gasteiger partial charge in [0, 0.05) is 31.4 Å². The molecular formula is C54H63ClF3I2N7O11SSi. The minimum atomic E-state index is -5.39. The van der Waals surface area contributed by atoms with Crippen molar-refractivity contribution in [3.63, 3.8) is 0 Å². The second-order valence-corrected chi connectivity index (χ2v) is 28.5. The third-order valence-corrected chi connectivity index (χ3v) is 18.4. The fourth-order valence-electron chi connectivity index (χ4n) is 8.59. The molecule has 3 N–H and O–H groups in total. The average Bonchev–Trinajstić information content (AvgIpc) is 4.33. The van der Waals surface area contributed by atoms with Crippen molar-refractivity contribution in [1.82, 2.24) is 29.5 Å². The number of rotatable bonds is 11. The van der Waals surface area contributed by atoms with Crippen LogP contribution in [-0.2, 0) is 37.7 Å². The molecule has 4 aromatic heterocycles. The number of aromatic nitrogens is 6. The molecular weight excluding hydrogens is 1330 g/mol. The average molecular weight is 1390 g/mol. The molecule has 432 valence electrons. The Morgan fingerprint density at radius 3 is 1.70 bits per heavy atom. The van der Waals surface area contributed by atoms with Crippen molar-refractivity contribution in [1.29, 1.82) is 0 Å². The summed E-state index contributed by atoms with van der Waals surface area (Å²) in [5, 5.41) is 2.06. The number of anilines is 1. The lowest BCUT2D eigenvalue weighted by atomic mass is 9.86. The van der Waals surface area contributed by atoms with Gasteiger partial charge in [0.25, 0.3) is 0 Å². The molecule has 2 unspecified atom stereocenters. The number of carbonyl (C=O) groups excluding carboxylic acids is 3. The topological polar surface area (TPSA) is 239 Å². The van der Waals surface area contributed by atoms with E-state index in [1.165, 1.54) is 32.3 Å². The summed E-state index contributed by atoms with van der Waals surface area (Å²) in [7, 11) is -8.10. The maximum Gasteiger partial charge on any atom is 0.522 e. The van der Waals surface area contributed by atoms with Crippen LogP contribution >= 0.6 is 56.8 Å². The highest BCUT2D eigenvalue weighted by molar-refractivity contribution is 14.1. The zero-order chi connectivity index (χ0) is 58.3. The fourth-order valence-corrected chi connectivity index (χ4v) is 13.5. The molecule has 0 radical (unpaired) electrons. The van der Waals surface area contributed by atoms with Crippen molar-refractivity contribution in [2.75, 3.05) is 5.73 Å². The number of nitrogen functional groups attached to an aromatic ring is 1. The summed E-state index contributed by atoms with van der Waals surface area (Å²) in [5.74, 6) is -0.969. The van der Waals surface area contributed by atoms with Gasteiger partial charge >= 0.3 is 33.5 Å². The zero-order valence-corrected chi connectivity index (χ0v) is 51.2. The lowest BCUT2D eigenvalue weighted by Gasteiger charge is -2.34. The van der Waals surface area contributed by atoms with Crippen LogP contribution in [0.1, 0.15) is 99.1 Å². The maximum absolute atomic E-state index is 12.9. The number of benzene rings is 3. The van der Waals surface area contributed by atoms with Crippen LogP contribution in [0.4, 0.5) is 19.0 Å². The summed E-state index contributed by atoms with van der Waals surface area (Å²) in [6.07, 6.45) is 6.45. The van der Waals surface area contributed by atoms with Crippen LogP contribution in [0.15, 0.2) is 116 Å². The van der Waals surface area contributed by atoms with Crippen LogP contribution in [0.3, 0.4) is 0 Å². The fraction of sp³-hybridized carbons (Fsp3) is 0.389. The van der Waals surface area contributed by atoms with E-state index in [4.69, 9.17) is 41.0 Å². The van der Waals surface area contributed by atoms with E-state index < -0.39 is 59.6 Å². The van der Waals surface area contributed by atoms with Crippen molar-refractivity contribution in [2.45, 2.75) is 123 Å². The summed E-state index contributed by atoms with van der Waals surface area (Å²) in [4.78, 5) is 57.4. The Morgan fingerprint density at radius 2 is 1.23 bits per heavy atom. The molecule has 0 spiro atoms. The number of carbonyl (C=O) groups is 3. The van der Waals surface area contributed by atoms with Gasteiger partial charge in [0.2, 0.25) is 14.6 Å². The minimum absolute atomic E-state index is 0. The molecule has 0 saturated carbocycles. The highest BCUT2D eigenvalue weighted by Crippen LogP contribution is 2.48. The first kappa shape index (κ1) is 65.5. The van der Waals surface area contributed by atoms with Crippen LogP contribution in [0, 0.1) is 19.0 Å². The van der Waals surface area contributed by atoms with Crippen molar-refractivity contribution in [3.8, 4) is 0 Å². The van der Waals surface area contributed by atoms with Gasteiger partial charge in [-0.2, -0.15) is 21.6 Å². The largest absolute Gasteiger partial charge is 0.522 e. The van der Waals surface area contributed by atoms with Crippen molar-refractivity contribution in [3.05, 3.63) is 145 Å². The van der Waals surface area contributed by atoms with Crippen LogP contribution in [-0.4, -0.2) is 99.3 Å². The molecule has 2 aliphatic rings. The number of alkyl halides is 3. The maximum atomic E-state index is 12.9. The van der Waals surface area contributed by atoms with E-state index in [0.717, 1.165) is 36.4 Å². The van der Waals surface area contributed by atoms with Gasteiger partial charge in [-0.3, -0.25) is 0 Å². The van der Waals surface area contributed by atoms with Crippen LogP contribution in [0.5, 0.6) is 0 Å². The first-order valence-corrected chi connectivity index (χ1v) is 32.0. The number of nitrogens with one attached hydrogen (secondary N) is 1. The predicted molar refractivity (Wildman–Crippen MR) is 316 cm³/mol. The quantitative estimate of drug-likeness (QED) is 0.0306. The predicted octanol–water partition coefficient (Wildman–Crippen LogP) is 12.9. The second kappa shape index (κ2) is 27.2. The Kier molecular flexibility index (Phi) is 22.3. The van der Waals surface area contributed by atoms with Crippen LogP contribution in [0.25, 0.3) is 22.1 Å². The summed E-state index contributed by atoms with van der Waals surface area (Å²) >= 11 is 10.7. The Morgan fingerprint density at radius 1 is 0.750 bits per heavy atom. The van der Waals surface area contributed by atoms with Crippen LogP contribution in [0.2, 0.25) is 24.8 Å². The summed E-state index contributed by atoms with van der Waals surface area (Å²) < 4.78 is 93.5. The Labute approximate surface area is 495 Å². The third kappa shape index (κ3) is 15.2. The second-order valence-electron chi connectivity index (χ2n) is 19.5. The van der Waals surface area contributed by atoms with E-state index in [9.17, 15) is 36.0 Å². The molecule has 0 amide bonds. The Bertz CT molecular complexity index is 3350. The van der Waals surface area contributed by atoms with E-state index in [1.54, 1.807) is 67.6 Å². The number of hydrogen-bond acceptors (Lipinski definition) is 16. The van der Waals surface area contributed by atoms with Gasteiger partial charge in [0.15, 0.2) is 17.4 Å². The Balaban J connectivity index is 0.000000211. The smallest absolute Gasteiger partial charge is 0.451 e. The molecule has 3 aromatic carbocycles. The number of nitrogens with zero attached hydrogens (tertiary/aromatic N) is 5. The SMILES string of the molecule is C.CC[C@H]1O[C@@H](OC(=O)c2ccccc2)C(C)(OC(=O)c2ccccc2)[C@H]1C.CC[C@H]1O[C@@H](n2cc(I)c3c(Cl)ncnc32)C(C)(OC(=O)c2ccccc2)[C@H]1C.C[Si](C)(C)OS(=O)(=O)C(F)(F)F.Nc1ncnc2[nH]cc(I)c12. The zero-order valence-electron chi connectivity index (χ0n) is 44.3. The number of hydrogen-bond donors (Lipinski definition) is 2. The van der Waals surface area contributed by atoms with Gasteiger partial charge in [-0.05, 0) is 128 Å². The molecule has 2 aliphatic heterocycles. The van der Waals surface area contributed by atoms with Gasteiger partial charge in [0.1, 0.15) is 34.9 Å². The van der Waals surface area contributed by atoms with Crippen molar-refractivity contribution in [2.24, 2.45) is 11.8 Å². The molecule has 0 bridgehead atoms. The molecule has 9 rings (SSSR count). The van der Waals surface area contributed by atoms with Gasteiger partial charge in [-0.1, -0.05) is 101 Å². The van der Waals surface area contributed by atoms with E-state index in [0.29, 0.717) is 33.3 Å². The molecule has 26 heteroatoms. The van der Waals surface area contributed by atoms with E-state index >= 15 is 0 Å². The normalized spacial score (nSPS) is 22.5. The lowest BCUT2D eigenvalue weighted by molar-refractivity contribution is -0.169. The van der Waals surface area contributed by atoms with E-state index in [-0.39, 0.29) is 37.4 Å². The van der Waals surface area contributed by atoms with Crippen molar-refractivity contribution < 1.29 is 63.5 Å². The molecule has 2 saturated heterocycles. The number of esters is 3. The Hall–Kier alpha value is -5.30. The molecule has 0 aliphatic carbocycles. The summed E-state index contributed by atoms with van der Waals surface area (Å²) in [6.45, 7) is 15.8. The van der Waals surface area contributed by atoms with Crippen LogP contribution < -0.4 is 5.73 Å². The number of fused-ring (bicyclic) bond motifs is 2. The first-order chi connectivity index (χ1) is 37.1. The van der Waals surface area contributed by atoms with Gasteiger partial charge < -0.3 is 42.8 Å². The summed E-state index contributed by atoms with van der Waals surface area (Å²) in [6, 6.07) is 26.5. The lowest BCUT2D eigenvalue weighted by Crippen LogP contribution is -2.46. The molecule has 6 heterocycles. The standard InChI is InChI=1S/C22H24O5.C21H21ClIN3O3.C6H5IN4.C4H9F3O3SSi.CH4/c1-4-18-15(2)22(3,27-20(24)17-13-9-6-10-14-17)21(25-18)26-19(23)16-11-7-5-8-12-16;1-4-15-12(2)21(3,29-19(27)13-8-6-5-7-9-13)20(28-15)26-10-14(23)16-17(22)24-11-25-18(16)26;7-3-1-9-6-4(3)5(8)10-2-11-6;1-12(2,3)10-11(8,9)4(5,6)7;/h5-15,18,21H,4H2,1-3H3;5-12,15,20H,4H2,1-3H3;1-2H,(H3,8,9,10,11);1-3H3;1H4/t15-,18+,21-,22?;12-,15+,20+,21?;;;/m00.../s1. The van der Waals surface area contributed by atoms with Crippen molar-refractivity contribution >= 4 is 121 Å². The molecule has 7 aromatic rings. The number of aromatic amines is 1. The highest BCUT2D eigenvalue weighted by Gasteiger charge is 2.57. The highest BCUT2D eigenvalue weighted by atomic mass is 127. The number of ether oxygens (including phenoxy) is 5.